The van der Waals surface area contributed by atoms with Gasteiger partial charge in [-0.2, -0.15) is 0 Å². The van der Waals surface area contributed by atoms with Crippen molar-refractivity contribution >= 4 is 0 Å². The van der Waals surface area contributed by atoms with Gasteiger partial charge in [-0.05, 0) is 43.5 Å². The summed E-state index contributed by atoms with van der Waals surface area (Å²) in [5.41, 5.74) is 2.09. The third kappa shape index (κ3) is 3.26. The van der Waals surface area contributed by atoms with Gasteiger partial charge in [0.15, 0.2) is 0 Å². The summed E-state index contributed by atoms with van der Waals surface area (Å²) in [6.45, 7) is 3.36. The molecule has 3 atom stereocenters. The van der Waals surface area contributed by atoms with Crippen molar-refractivity contribution in [2.45, 2.75) is 18.9 Å². The Kier molecular flexibility index (Phi) is 4.01. The normalized spacial score (nSPS) is 24.1. The minimum Gasteiger partial charge on any atom is -0.507 e. The average Bonchev–Trinajstić information content (AvgIpc) is 3.32. The molecule has 0 radical (unpaired) electrons. The molecule has 7 nitrogen and oxygen atoms in total. The van der Waals surface area contributed by atoms with E-state index in [1.54, 1.807) is 18.6 Å². The van der Waals surface area contributed by atoms with Gasteiger partial charge >= 0.3 is 0 Å². The average molecular weight is 363 g/mol. The van der Waals surface area contributed by atoms with Gasteiger partial charge in [0, 0.05) is 43.2 Å². The zero-order valence-electron chi connectivity index (χ0n) is 14.9. The molecule has 2 fully saturated rings. The maximum atomic E-state index is 10.4. The Bertz CT molecular complexity index is 914. The van der Waals surface area contributed by atoms with E-state index in [1.165, 1.54) is 19.5 Å². The fourth-order valence-electron chi connectivity index (χ4n) is 4.10. The van der Waals surface area contributed by atoms with Crippen LogP contribution >= 0.6 is 0 Å². The number of fused-ring (bicyclic) bond motifs is 2. The number of piperidine rings is 1. The number of phenolic OH excluding ortho intramolecular Hbond substituents is 1. The minimum atomic E-state index is 0.154. The molecule has 1 aromatic carbocycles. The molecule has 3 aromatic rings. The second-order valence-corrected chi connectivity index (χ2v) is 7.32. The van der Waals surface area contributed by atoms with Crippen LogP contribution in [0, 0.1) is 5.92 Å². The monoisotopic (exact) mass is 363 g/mol. The van der Waals surface area contributed by atoms with Crippen LogP contribution in [-0.4, -0.2) is 55.5 Å². The molecule has 1 N–H and O–H groups in total. The Morgan fingerprint density at radius 2 is 2.07 bits per heavy atom. The number of aromatic nitrogens is 4. The molecule has 2 aromatic heterocycles. The highest BCUT2D eigenvalue weighted by molar-refractivity contribution is 5.68. The molecule has 0 unspecified atom stereocenters. The van der Waals surface area contributed by atoms with Crippen molar-refractivity contribution in [2.24, 2.45) is 5.92 Å². The first-order chi connectivity index (χ1) is 13.2. The van der Waals surface area contributed by atoms with Gasteiger partial charge in [0.25, 0.3) is 0 Å². The van der Waals surface area contributed by atoms with Crippen molar-refractivity contribution in [3.8, 4) is 28.6 Å². The lowest BCUT2D eigenvalue weighted by molar-refractivity contribution is 0.0930. The van der Waals surface area contributed by atoms with Crippen molar-refractivity contribution in [3.05, 3.63) is 49.1 Å². The fourth-order valence-corrected chi connectivity index (χ4v) is 4.10. The molecule has 7 heteroatoms. The van der Waals surface area contributed by atoms with Crippen LogP contribution in [0.25, 0.3) is 16.9 Å². The number of rotatable bonds is 4. The van der Waals surface area contributed by atoms with E-state index >= 15 is 0 Å². The lowest BCUT2D eigenvalue weighted by Gasteiger charge is -2.29. The van der Waals surface area contributed by atoms with Crippen LogP contribution in [0.1, 0.15) is 12.8 Å². The van der Waals surface area contributed by atoms with Crippen LogP contribution in [-0.2, 0) is 0 Å². The van der Waals surface area contributed by atoms with E-state index in [4.69, 9.17) is 4.74 Å². The van der Waals surface area contributed by atoms with E-state index in [-0.39, 0.29) is 11.9 Å². The van der Waals surface area contributed by atoms with Crippen LogP contribution in [0.15, 0.2) is 49.1 Å². The molecule has 2 saturated heterocycles. The van der Waals surface area contributed by atoms with Crippen molar-refractivity contribution in [1.82, 2.24) is 24.6 Å². The molecule has 0 spiro atoms. The molecule has 0 saturated carbocycles. The topological polar surface area (TPSA) is 76.3 Å². The summed E-state index contributed by atoms with van der Waals surface area (Å²) in [6.07, 6.45) is 7.77. The van der Waals surface area contributed by atoms with Gasteiger partial charge in [0.2, 0.25) is 5.88 Å². The lowest BCUT2D eigenvalue weighted by atomic mass is 9.99. The summed E-state index contributed by atoms with van der Waals surface area (Å²) in [6, 6.07) is 9.11. The predicted octanol–water partition coefficient (Wildman–Crippen LogP) is 2.51. The Morgan fingerprint density at radius 1 is 1.11 bits per heavy atom. The van der Waals surface area contributed by atoms with Gasteiger partial charge in [-0.1, -0.05) is 0 Å². The first kappa shape index (κ1) is 16.3. The number of hydrogen-bond acceptors (Lipinski definition) is 6. The van der Waals surface area contributed by atoms with Crippen LogP contribution in [0.4, 0.5) is 0 Å². The minimum absolute atomic E-state index is 0.154. The molecular formula is C20H21N5O2. The molecule has 0 aliphatic carbocycles. The molecule has 2 bridgehead atoms. The molecule has 4 heterocycles. The van der Waals surface area contributed by atoms with Crippen molar-refractivity contribution in [1.29, 1.82) is 0 Å². The first-order valence-electron chi connectivity index (χ1n) is 9.29. The van der Waals surface area contributed by atoms with E-state index in [2.05, 4.69) is 20.1 Å². The highest BCUT2D eigenvalue weighted by Crippen LogP contribution is 2.31. The van der Waals surface area contributed by atoms with E-state index in [1.807, 2.05) is 35.0 Å². The van der Waals surface area contributed by atoms with E-state index in [0.717, 1.165) is 24.6 Å². The Balaban J connectivity index is 1.31. The Hall–Kier alpha value is -2.93. The Labute approximate surface area is 157 Å². The second-order valence-electron chi connectivity index (χ2n) is 7.32. The van der Waals surface area contributed by atoms with Crippen LogP contribution in [0.3, 0.4) is 0 Å². The van der Waals surface area contributed by atoms with Gasteiger partial charge in [0.1, 0.15) is 11.9 Å². The smallest absolute Gasteiger partial charge is 0.233 e. The molecule has 2 aliphatic rings. The van der Waals surface area contributed by atoms with Crippen molar-refractivity contribution in [2.75, 3.05) is 19.6 Å². The van der Waals surface area contributed by atoms with Crippen LogP contribution in [0.2, 0.25) is 0 Å². The fraction of sp³-hybridized carbons (Fsp3) is 0.350. The Morgan fingerprint density at radius 3 is 2.81 bits per heavy atom. The zero-order valence-corrected chi connectivity index (χ0v) is 14.9. The molecule has 2 aliphatic heterocycles. The van der Waals surface area contributed by atoms with E-state index in [9.17, 15) is 5.11 Å². The number of aromatic hydroxyl groups is 1. The molecule has 138 valence electrons. The standard InChI is InChI=1S/C20H21N5O2/c26-19-10-15(25-8-6-21-13-25)1-2-17(19)18-3-4-20(23-22-18)27-16-9-14-5-7-24(11-14)12-16/h1-4,6,8,10,13-14,16,26H,5,7,9,11-12H2/t14-,16-/m0/s1. The zero-order chi connectivity index (χ0) is 18.2. The molecule has 5 rings (SSSR count). The summed E-state index contributed by atoms with van der Waals surface area (Å²) >= 11 is 0. The quantitative estimate of drug-likeness (QED) is 0.768. The number of ether oxygens (including phenoxy) is 1. The van der Waals surface area contributed by atoms with Gasteiger partial charge in [0.05, 0.1) is 17.7 Å². The summed E-state index contributed by atoms with van der Waals surface area (Å²) in [5, 5.41) is 18.9. The third-order valence-corrected chi connectivity index (χ3v) is 5.42. The number of phenols is 1. The van der Waals surface area contributed by atoms with Crippen LogP contribution < -0.4 is 4.74 Å². The van der Waals surface area contributed by atoms with Crippen molar-refractivity contribution in [3.63, 3.8) is 0 Å². The van der Waals surface area contributed by atoms with Gasteiger partial charge < -0.3 is 14.4 Å². The van der Waals surface area contributed by atoms with Crippen LogP contribution in [0.5, 0.6) is 11.6 Å². The van der Waals surface area contributed by atoms with Crippen molar-refractivity contribution < 1.29 is 9.84 Å². The van der Waals surface area contributed by atoms with Gasteiger partial charge in [-0.3, -0.25) is 4.90 Å². The van der Waals surface area contributed by atoms with Gasteiger partial charge in [-0.15, -0.1) is 10.2 Å². The number of nitrogens with zero attached hydrogens (tertiary/aromatic N) is 5. The first-order valence-corrected chi connectivity index (χ1v) is 9.29. The summed E-state index contributed by atoms with van der Waals surface area (Å²) in [7, 11) is 0. The highest BCUT2D eigenvalue weighted by Gasteiger charge is 2.33. The molecule has 0 amide bonds. The SMILES string of the molecule is Oc1cc(-n2ccnc2)ccc1-c1ccc(O[C@H]2C[C@@H]3CC[N@](C3)C2)nn1. The third-order valence-electron chi connectivity index (χ3n) is 5.42. The van der Waals surface area contributed by atoms with E-state index in [0.29, 0.717) is 17.1 Å². The summed E-state index contributed by atoms with van der Waals surface area (Å²) < 4.78 is 7.87. The van der Waals surface area contributed by atoms with Gasteiger partial charge in [-0.25, -0.2) is 4.98 Å². The lowest BCUT2D eigenvalue weighted by Crippen LogP contribution is -2.39. The molecular weight excluding hydrogens is 342 g/mol. The predicted molar refractivity (Wildman–Crippen MR) is 99.8 cm³/mol. The summed E-state index contributed by atoms with van der Waals surface area (Å²) in [5.74, 6) is 1.45. The number of benzene rings is 1. The molecule has 27 heavy (non-hydrogen) atoms. The maximum Gasteiger partial charge on any atom is 0.233 e. The van der Waals surface area contributed by atoms with E-state index < -0.39 is 0 Å². The maximum absolute atomic E-state index is 10.4. The second kappa shape index (κ2) is 6.66. The number of hydrogen-bond donors (Lipinski definition) is 1. The summed E-state index contributed by atoms with van der Waals surface area (Å²) in [4.78, 5) is 6.48. The highest BCUT2D eigenvalue weighted by atomic mass is 16.5. The number of imidazole rings is 1. The largest absolute Gasteiger partial charge is 0.507 e.